The van der Waals surface area contributed by atoms with E-state index in [1.807, 2.05) is 25.2 Å². The molecule has 0 aliphatic heterocycles. The highest BCUT2D eigenvalue weighted by atomic mass is 32.1. The van der Waals surface area contributed by atoms with Crippen molar-refractivity contribution in [1.29, 1.82) is 0 Å². The number of rotatable bonds is 3. The molecule has 0 aliphatic rings. The number of hydrogen-bond acceptors (Lipinski definition) is 3. The van der Waals surface area contributed by atoms with Crippen LogP contribution in [0.2, 0.25) is 0 Å². The van der Waals surface area contributed by atoms with Gasteiger partial charge in [-0.3, -0.25) is 0 Å². The van der Waals surface area contributed by atoms with Gasteiger partial charge in [0.1, 0.15) is 5.01 Å². The maximum Gasteiger partial charge on any atom is 0.123 e. The molecule has 0 spiro atoms. The summed E-state index contributed by atoms with van der Waals surface area (Å²) in [5.41, 5.74) is 2.33. The van der Waals surface area contributed by atoms with Gasteiger partial charge in [-0.25, -0.2) is 4.98 Å². The van der Waals surface area contributed by atoms with Gasteiger partial charge in [0.25, 0.3) is 0 Å². The molecule has 0 unspecified atom stereocenters. The van der Waals surface area contributed by atoms with Gasteiger partial charge in [0.15, 0.2) is 0 Å². The van der Waals surface area contributed by atoms with Crippen LogP contribution in [0.1, 0.15) is 23.5 Å². The van der Waals surface area contributed by atoms with Crippen molar-refractivity contribution in [3.05, 3.63) is 40.9 Å². The molecule has 2 rings (SSSR count). The van der Waals surface area contributed by atoms with Gasteiger partial charge in [-0.2, -0.15) is 0 Å². The first-order valence-electron chi connectivity index (χ1n) is 5.42. The summed E-state index contributed by atoms with van der Waals surface area (Å²) in [5.74, 6) is 0. The van der Waals surface area contributed by atoms with Crippen molar-refractivity contribution in [3.8, 4) is 10.6 Å². The lowest BCUT2D eigenvalue weighted by atomic mass is 10.2. The second-order valence-corrected chi connectivity index (χ2v) is 4.88. The molecule has 0 fully saturated rings. The summed E-state index contributed by atoms with van der Waals surface area (Å²) in [5, 5.41) is 4.36. The van der Waals surface area contributed by atoms with E-state index in [1.165, 1.54) is 10.4 Å². The number of benzene rings is 1. The Morgan fingerprint density at radius 2 is 1.94 bits per heavy atom. The van der Waals surface area contributed by atoms with E-state index in [4.69, 9.17) is 0 Å². The third-order valence-electron chi connectivity index (χ3n) is 2.68. The highest BCUT2D eigenvalue weighted by Crippen LogP contribution is 2.31. The molecule has 16 heavy (non-hydrogen) atoms. The topological polar surface area (TPSA) is 24.9 Å². The summed E-state index contributed by atoms with van der Waals surface area (Å²) in [4.78, 5) is 5.95. The normalized spacial score (nSPS) is 12.7. The predicted molar refractivity (Wildman–Crippen MR) is 69.8 cm³/mol. The van der Waals surface area contributed by atoms with Gasteiger partial charge in [0, 0.05) is 16.5 Å². The molecule has 2 nitrogen and oxygen atoms in total. The van der Waals surface area contributed by atoms with Crippen molar-refractivity contribution in [3.63, 3.8) is 0 Å². The zero-order valence-electron chi connectivity index (χ0n) is 9.82. The molecule has 1 N–H and O–H groups in total. The number of aryl methyl sites for hydroxylation is 1. The van der Waals surface area contributed by atoms with Crippen LogP contribution in [-0.4, -0.2) is 12.0 Å². The Kier molecular flexibility index (Phi) is 3.36. The van der Waals surface area contributed by atoms with Gasteiger partial charge in [-0.1, -0.05) is 30.3 Å². The minimum absolute atomic E-state index is 0.370. The largest absolute Gasteiger partial charge is 0.312 e. The van der Waals surface area contributed by atoms with E-state index in [2.05, 4.69) is 36.3 Å². The second-order valence-electron chi connectivity index (χ2n) is 3.85. The smallest absolute Gasteiger partial charge is 0.123 e. The van der Waals surface area contributed by atoms with Crippen LogP contribution in [0.25, 0.3) is 10.6 Å². The molecule has 2 aromatic rings. The maximum atomic E-state index is 4.63. The van der Waals surface area contributed by atoms with Crippen molar-refractivity contribution >= 4 is 11.3 Å². The van der Waals surface area contributed by atoms with Crippen molar-refractivity contribution in [2.24, 2.45) is 0 Å². The third kappa shape index (κ3) is 2.15. The Labute approximate surface area is 100 Å². The average Bonchev–Trinajstić information content (AvgIpc) is 2.71. The highest BCUT2D eigenvalue weighted by molar-refractivity contribution is 7.15. The predicted octanol–water partition coefficient (Wildman–Crippen LogP) is 3.40. The molecule has 0 amide bonds. The van der Waals surface area contributed by atoms with Crippen LogP contribution in [0.3, 0.4) is 0 Å². The van der Waals surface area contributed by atoms with Gasteiger partial charge < -0.3 is 5.32 Å². The zero-order chi connectivity index (χ0) is 11.5. The second kappa shape index (κ2) is 4.76. The van der Waals surface area contributed by atoms with Crippen molar-refractivity contribution in [1.82, 2.24) is 10.3 Å². The molecule has 1 heterocycles. The molecule has 84 valence electrons. The van der Waals surface area contributed by atoms with E-state index < -0.39 is 0 Å². The number of nitrogens with zero attached hydrogens (tertiary/aromatic N) is 1. The van der Waals surface area contributed by atoms with Gasteiger partial charge >= 0.3 is 0 Å². The number of thiazole rings is 1. The molecule has 1 aromatic carbocycles. The van der Waals surface area contributed by atoms with Crippen molar-refractivity contribution in [2.45, 2.75) is 19.9 Å². The summed E-state index contributed by atoms with van der Waals surface area (Å²) in [6.45, 7) is 4.24. The first-order chi connectivity index (χ1) is 7.72. The SMILES string of the molecule is CN[C@H](C)c1sc(-c2ccccc2)nc1C. The van der Waals surface area contributed by atoms with E-state index in [0.717, 1.165) is 10.7 Å². The fourth-order valence-electron chi connectivity index (χ4n) is 1.65. The Morgan fingerprint density at radius 3 is 2.56 bits per heavy atom. The third-order valence-corrected chi connectivity index (χ3v) is 4.07. The molecule has 0 saturated carbocycles. The minimum atomic E-state index is 0.370. The first kappa shape index (κ1) is 11.3. The van der Waals surface area contributed by atoms with Gasteiger partial charge in [0.05, 0.1) is 5.69 Å². The Hall–Kier alpha value is -1.19. The van der Waals surface area contributed by atoms with Crippen molar-refractivity contribution in [2.75, 3.05) is 7.05 Å². The van der Waals surface area contributed by atoms with Crippen LogP contribution in [0.5, 0.6) is 0 Å². The number of aromatic nitrogens is 1. The lowest BCUT2D eigenvalue weighted by Gasteiger charge is -2.06. The van der Waals surface area contributed by atoms with Crippen molar-refractivity contribution < 1.29 is 0 Å². The van der Waals surface area contributed by atoms with Crippen LogP contribution in [-0.2, 0) is 0 Å². The zero-order valence-corrected chi connectivity index (χ0v) is 10.6. The highest BCUT2D eigenvalue weighted by Gasteiger charge is 2.13. The van der Waals surface area contributed by atoms with E-state index in [9.17, 15) is 0 Å². The monoisotopic (exact) mass is 232 g/mol. The Balaban J connectivity index is 2.38. The van der Waals surface area contributed by atoms with E-state index in [-0.39, 0.29) is 0 Å². The fraction of sp³-hybridized carbons (Fsp3) is 0.308. The summed E-state index contributed by atoms with van der Waals surface area (Å²) in [7, 11) is 1.98. The molecule has 1 aromatic heterocycles. The summed E-state index contributed by atoms with van der Waals surface area (Å²) >= 11 is 1.77. The lowest BCUT2D eigenvalue weighted by molar-refractivity contribution is 0.658. The van der Waals surface area contributed by atoms with E-state index >= 15 is 0 Å². The van der Waals surface area contributed by atoms with Gasteiger partial charge in [0.2, 0.25) is 0 Å². The van der Waals surface area contributed by atoms with Gasteiger partial charge in [-0.15, -0.1) is 11.3 Å². The average molecular weight is 232 g/mol. The summed E-state index contributed by atoms with van der Waals surface area (Å²) < 4.78 is 0. The number of hydrogen-bond donors (Lipinski definition) is 1. The van der Waals surface area contributed by atoms with Crippen LogP contribution in [0, 0.1) is 6.92 Å². The molecule has 0 radical (unpaired) electrons. The molecular weight excluding hydrogens is 216 g/mol. The number of nitrogens with one attached hydrogen (secondary N) is 1. The van der Waals surface area contributed by atoms with Crippen LogP contribution in [0.15, 0.2) is 30.3 Å². The minimum Gasteiger partial charge on any atom is -0.312 e. The molecule has 0 bridgehead atoms. The van der Waals surface area contributed by atoms with Crippen LogP contribution < -0.4 is 5.32 Å². The van der Waals surface area contributed by atoms with Crippen LogP contribution in [0.4, 0.5) is 0 Å². The van der Waals surface area contributed by atoms with Gasteiger partial charge in [-0.05, 0) is 20.9 Å². The van der Waals surface area contributed by atoms with Crippen LogP contribution >= 0.6 is 11.3 Å². The van der Waals surface area contributed by atoms with E-state index in [0.29, 0.717) is 6.04 Å². The lowest BCUT2D eigenvalue weighted by Crippen LogP contribution is -2.11. The summed E-state index contributed by atoms with van der Waals surface area (Å²) in [6, 6.07) is 10.7. The maximum absolute atomic E-state index is 4.63. The Bertz CT molecular complexity index is 462. The first-order valence-corrected chi connectivity index (χ1v) is 6.24. The standard InChI is InChI=1S/C13H16N2S/c1-9(14-3)12-10(2)15-13(16-12)11-7-5-4-6-8-11/h4-9,14H,1-3H3/t9-/m1/s1. The van der Waals surface area contributed by atoms with E-state index in [1.54, 1.807) is 11.3 Å². The Morgan fingerprint density at radius 1 is 1.25 bits per heavy atom. The molecule has 1 atom stereocenters. The molecular formula is C13H16N2S. The quantitative estimate of drug-likeness (QED) is 0.877. The molecule has 0 aliphatic carbocycles. The molecule has 0 saturated heterocycles. The summed E-state index contributed by atoms with van der Waals surface area (Å²) in [6.07, 6.45) is 0. The fourth-order valence-corrected chi connectivity index (χ4v) is 2.78. The molecule has 3 heteroatoms.